The highest BCUT2D eigenvalue weighted by atomic mass is 19.4. The van der Waals surface area contributed by atoms with Gasteiger partial charge in [-0.2, -0.15) is 13.2 Å². The van der Waals surface area contributed by atoms with E-state index < -0.39 is 29.3 Å². The first-order valence-electron chi connectivity index (χ1n) is 9.08. The number of carbonyl (C=O) groups excluding carboxylic acids is 1. The molecule has 156 valence electrons. The van der Waals surface area contributed by atoms with E-state index in [4.69, 9.17) is 0 Å². The fraction of sp³-hybridized carbons (Fsp3) is 0.263. The number of nitrogens with zero attached hydrogens (tertiary/aromatic N) is 6. The molecular formula is C19H16F4N6O. The Balaban J connectivity index is 1.58. The molecule has 4 rings (SSSR count). The van der Waals surface area contributed by atoms with E-state index in [9.17, 15) is 22.4 Å². The Labute approximate surface area is 168 Å². The van der Waals surface area contributed by atoms with Crippen LogP contribution >= 0.6 is 0 Å². The summed E-state index contributed by atoms with van der Waals surface area (Å²) >= 11 is 0. The van der Waals surface area contributed by atoms with Gasteiger partial charge in [-0.15, -0.1) is 5.10 Å². The summed E-state index contributed by atoms with van der Waals surface area (Å²) in [6.45, 7) is 1.29. The largest absolute Gasteiger partial charge is 0.435 e. The number of carbonyl (C=O) groups is 1. The molecule has 1 saturated heterocycles. The number of pyridine rings is 1. The molecule has 0 bridgehead atoms. The van der Waals surface area contributed by atoms with Crippen molar-refractivity contribution in [2.75, 3.05) is 31.1 Å². The maximum atomic E-state index is 13.8. The molecule has 1 aliphatic rings. The van der Waals surface area contributed by atoms with E-state index in [0.717, 1.165) is 30.1 Å². The van der Waals surface area contributed by atoms with E-state index in [0.29, 0.717) is 17.8 Å². The second-order valence-corrected chi connectivity index (χ2v) is 6.64. The quantitative estimate of drug-likeness (QED) is 0.610. The first kappa shape index (κ1) is 19.8. The third kappa shape index (κ3) is 3.82. The van der Waals surface area contributed by atoms with E-state index in [1.165, 1.54) is 4.90 Å². The summed E-state index contributed by atoms with van der Waals surface area (Å²) in [5.41, 5.74) is -2.11. The van der Waals surface area contributed by atoms with Gasteiger partial charge < -0.3 is 9.80 Å². The van der Waals surface area contributed by atoms with Gasteiger partial charge in [-0.05, 0) is 36.4 Å². The van der Waals surface area contributed by atoms with Crippen LogP contribution in [-0.2, 0) is 6.18 Å². The van der Waals surface area contributed by atoms with Crippen molar-refractivity contribution in [3.8, 4) is 5.69 Å². The van der Waals surface area contributed by atoms with Crippen molar-refractivity contribution in [1.82, 2.24) is 24.9 Å². The Morgan fingerprint density at radius 1 is 0.967 bits per heavy atom. The lowest BCUT2D eigenvalue weighted by Gasteiger charge is -2.35. The predicted octanol–water partition coefficient (Wildman–Crippen LogP) is 2.78. The Hall–Kier alpha value is -3.50. The number of hydrogen-bond acceptors (Lipinski definition) is 5. The maximum Gasteiger partial charge on any atom is 0.435 e. The molecule has 7 nitrogen and oxygen atoms in total. The minimum atomic E-state index is -4.88. The van der Waals surface area contributed by atoms with E-state index in [2.05, 4.69) is 15.3 Å². The summed E-state index contributed by atoms with van der Waals surface area (Å²) in [6.07, 6.45) is -3.23. The minimum absolute atomic E-state index is 0.0461. The Morgan fingerprint density at radius 2 is 1.67 bits per heavy atom. The van der Waals surface area contributed by atoms with Crippen LogP contribution in [0.25, 0.3) is 5.69 Å². The molecule has 0 unspecified atom stereocenters. The molecule has 3 heterocycles. The molecule has 0 saturated carbocycles. The smallest absolute Gasteiger partial charge is 0.353 e. The second-order valence-electron chi connectivity index (χ2n) is 6.64. The van der Waals surface area contributed by atoms with Gasteiger partial charge in [0, 0.05) is 32.4 Å². The topological polar surface area (TPSA) is 67.2 Å². The molecule has 1 fully saturated rings. The minimum Gasteiger partial charge on any atom is -0.353 e. The van der Waals surface area contributed by atoms with Gasteiger partial charge in [0.1, 0.15) is 11.6 Å². The number of piperazine rings is 1. The molecule has 0 N–H and O–H groups in total. The van der Waals surface area contributed by atoms with Crippen molar-refractivity contribution in [1.29, 1.82) is 0 Å². The number of alkyl halides is 3. The highest BCUT2D eigenvalue weighted by Gasteiger charge is 2.43. The van der Waals surface area contributed by atoms with Gasteiger partial charge in [0.05, 0.1) is 5.69 Å². The number of halogens is 4. The van der Waals surface area contributed by atoms with Crippen LogP contribution in [0.2, 0.25) is 0 Å². The Morgan fingerprint density at radius 3 is 2.27 bits per heavy atom. The predicted molar refractivity (Wildman–Crippen MR) is 98.7 cm³/mol. The van der Waals surface area contributed by atoms with Gasteiger partial charge in [0.2, 0.25) is 0 Å². The summed E-state index contributed by atoms with van der Waals surface area (Å²) in [6, 6.07) is 9.74. The molecule has 11 heteroatoms. The number of hydrogen-bond donors (Lipinski definition) is 0. The SMILES string of the molecule is O=C(c1nnn(-c2ccc(F)cc2)c1C(F)(F)F)N1CCN(c2ccccn2)CC1. The molecule has 0 aliphatic carbocycles. The van der Waals surface area contributed by atoms with Gasteiger partial charge in [0.25, 0.3) is 5.91 Å². The second kappa shape index (κ2) is 7.73. The summed E-state index contributed by atoms with van der Waals surface area (Å²) in [5, 5.41) is 7.03. The lowest BCUT2D eigenvalue weighted by Crippen LogP contribution is -2.49. The standard InChI is InChI=1S/C19H16F4N6O/c20-13-4-6-14(7-5-13)29-17(19(21,22)23)16(25-26-29)18(30)28-11-9-27(10-12-28)15-3-1-2-8-24-15/h1-8H,9-12H2. The molecule has 0 atom stereocenters. The van der Waals surface area contributed by atoms with Crippen LogP contribution in [-0.4, -0.2) is 57.0 Å². The zero-order chi connectivity index (χ0) is 21.3. The van der Waals surface area contributed by atoms with E-state index in [1.807, 2.05) is 17.0 Å². The summed E-state index contributed by atoms with van der Waals surface area (Å²) in [5.74, 6) is -0.714. The fourth-order valence-corrected chi connectivity index (χ4v) is 3.27. The molecule has 0 radical (unpaired) electrons. The highest BCUT2D eigenvalue weighted by molar-refractivity contribution is 5.93. The zero-order valence-electron chi connectivity index (χ0n) is 15.6. The van der Waals surface area contributed by atoms with Crippen LogP contribution < -0.4 is 4.90 Å². The summed E-state index contributed by atoms with van der Waals surface area (Å²) in [4.78, 5) is 20.3. The fourth-order valence-electron chi connectivity index (χ4n) is 3.27. The monoisotopic (exact) mass is 420 g/mol. The van der Waals surface area contributed by atoms with Gasteiger partial charge >= 0.3 is 6.18 Å². The van der Waals surface area contributed by atoms with Crippen molar-refractivity contribution in [3.63, 3.8) is 0 Å². The molecule has 1 aliphatic heterocycles. The van der Waals surface area contributed by atoms with Gasteiger partial charge in [0.15, 0.2) is 11.4 Å². The first-order chi connectivity index (χ1) is 14.3. The van der Waals surface area contributed by atoms with Gasteiger partial charge in [-0.3, -0.25) is 4.79 Å². The van der Waals surface area contributed by atoms with E-state index in [1.54, 1.807) is 12.3 Å². The van der Waals surface area contributed by atoms with Crippen LogP contribution in [0.5, 0.6) is 0 Å². The molecule has 30 heavy (non-hydrogen) atoms. The third-order valence-corrected chi connectivity index (χ3v) is 4.75. The molecule has 2 aromatic heterocycles. The first-order valence-corrected chi connectivity index (χ1v) is 9.08. The zero-order valence-corrected chi connectivity index (χ0v) is 15.6. The number of amides is 1. The molecular weight excluding hydrogens is 404 g/mol. The van der Waals surface area contributed by atoms with Crippen molar-refractivity contribution >= 4 is 11.7 Å². The third-order valence-electron chi connectivity index (χ3n) is 4.75. The molecule has 3 aromatic rings. The normalized spacial score (nSPS) is 14.8. The lowest BCUT2D eigenvalue weighted by molar-refractivity contribution is -0.143. The molecule has 0 spiro atoms. The van der Waals surface area contributed by atoms with Crippen LogP contribution in [0, 0.1) is 5.82 Å². The lowest BCUT2D eigenvalue weighted by atomic mass is 10.2. The summed E-state index contributed by atoms with van der Waals surface area (Å²) < 4.78 is 54.9. The Bertz CT molecular complexity index is 1030. The number of benzene rings is 1. The van der Waals surface area contributed by atoms with E-state index >= 15 is 0 Å². The summed E-state index contributed by atoms with van der Waals surface area (Å²) in [7, 11) is 0. The van der Waals surface area contributed by atoms with Crippen molar-refractivity contribution in [3.05, 3.63) is 65.9 Å². The van der Waals surface area contributed by atoms with Crippen LogP contribution in [0.15, 0.2) is 48.7 Å². The average molecular weight is 420 g/mol. The number of aromatic nitrogens is 4. The van der Waals surface area contributed by atoms with Crippen LogP contribution in [0.4, 0.5) is 23.4 Å². The molecule has 1 aromatic carbocycles. The van der Waals surface area contributed by atoms with Crippen molar-refractivity contribution < 1.29 is 22.4 Å². The number of anilines is 1. The van der Waals surface area contributed by atoms with Crippen LogP contribution in [0.3, 0.4) is 0 Å². The van der Waals surface area contributed by atoms with Crippen molar-refractivity contribution in [2.45, 2.75) is 6.18 Å². The maximum absolute atomic E-state index is 13.8. The van der Waals surface area contributed by atoms with E-state index in [-0.39, 0.29) is 18.8 Å². The number of rotatable bonds is 3. The van der Waals surface area contributed by atoms with Crippen LogP contribution in [0.1, 0.15) is 16.2 Å². The van der Waals surface area contributed by atoms with Crippen molar-refractivity contribution in [2.24, 2.45) is 0 Å². The highest BCUT2D eigenvalue weighted by Crippen LogP contribution is 2.33. The van der Waals surface area contributed by atoms with Gasteiger partial charge in [-0.25, -0.2) is 14.1 Å². The molecule has 1 amide bonds. The average Bonchev–Trinajstić information content (AvgIpc) is 3.20. The van der Waals surface area contributed by atoms with Gasteiger partial charge in [-0.1, -0.05) is 11.3 Å². The Kier molecular flexibility index (Phi) is 5.10.